The number of nitrogen functional groups attached to an aromatic ring is 1. The fraction of sp³-hybridized carbons (Fsp3) is 0.500. The number of carbonyl (C=O) groups is 1. The minimum absolute atomic E-state index is 0.287. The molecule has 1 aromatic rings. The molecular formula is C14H20N2O2. The second-order valence-corrected chi connectivity index (χ2v) is 4.54. The number of hydrogen-bond acceptors (Lipinski definition) is 4. The molecule has 18 heavy (non-hydrogen) atoms. The van der Waals surface area contributed by atoms with Gasteiger partial charge in [0.25, 0.3) is 0 Å². The Bertz CT molecular complexity index is 426. The second kappa shape index (κ2) is 5.76. The van der Waals surface area contributed by atoms with E-state index in [-0.39, 0.29) is 5.97 Å². The minimum atomic E-state index is -0.287. The van der Waals surface area contributed by atoms with E-state index in [0.717, 1.165) is 18.8 Å². The SMILES string of the molecule is CCOC(=O)c1cc(N)ccc1N1CCCCC1. The molecule has 4 nitrogen and oxygen atoms in total. The van der Waals surface area contributed by atoms with Crippen LogP contribution in [0.4, 0.5) is 11.4 Å². The van der Waals surface area contributed by atoms with Gasteiger partial charge in [0.05, 0.1) is 17.9 Å². The zero-order valence-electron chi connectivity index (χ0n) is 10.8. The van der Waals surface area contributed by atoms with Gasteiger partial charge in [-0.05, 0) is 44.4 Å². The summed E-state index contributed by atoms with van der Waals surface area (Å²) < 4.78 is 5.09. The molecule has 1 saturated heterocycles. The molecule has 0 radical (unpaired) electrons. The van der Waals surface area contributed by atoms with Crippen LogP contribution in [-0.4, -0.2) is 25.7 Å². The van der Waals surface area contributed by atoms with Gasteiger partial charge < -0.3 is 15.4 Å². The van der Waals surface area contributed by atoms with Gasteiger partial charge in [0.1, 0.15) is 0 Å². The van der Waals surface area contributed by atoms with Crippen LogP contribution in [0.15, 0.2) is 18.2 Å². The molecule has 98 valence electrons. The van der Waals surface area contributed by atoms with Gasteiger partial charge in [-0.15, -0.1) is 0 Å². The maximum Gasteiger partial charge on any atom is 0.340 e. The summed E-state index contributed by atoms with van der Waals surface area (Å²) >= 11 is 0. The van der Waals surface area contributed by atoms with Crippen molar-refractivity contribution in [1.82, 2.24) is 0 Å². The number of ether oxygens (including phenoxy) is 1. The van der Waals surface area contributed by atoms with Crippen LogP contribution in [-0.2, 0) is 4.74 Å². The Kier molecular flexibility index (Phi) is 4.07. The first kappa shape index (κ1) is 12.7. The van der Waals surface area contributed by atoms with E-state index < -0.39 is 0 Å². The molecule has 0 amide bonds. The largest absolute Gasteiger partial charge is 0.462 e. The van der Waals surface area contributed by atoms with E-state index in [2.05, 4.69) is 4.90 Å². The van der Waals surface area contributed by atoms with Crippen molar-refractivity contribution in [3.8, 4) is 0 Å². The van der Waals surface area contributed by atoms with Crippen molar-refractivity contribution in [3.05, 3.63) is 23.8 Å². The van der Waals surface area contributed by atoms with Crippen LogP contribution in [0.2, 0.25) is 0 Å². The lowest BCUT2D eigenvalue weighted by Gasteiger charge is -2.30. The van der Waals surface area contributed by atoms with Crippen molar-refractivity contribution >= 4 is 17.3 Å². The summed E-state index contributed by atoms with van der Waals surface area (Å²) in [6.45, 7) is 4.19. The third-order valence-corrected chi connectivity index (χ3v) is 3.21. The van der Waals surface area contributed by atoms with Crippen molar-refractivity contribution in [2.75, 3.05) is 30.3 Å². The summed E-state index contributed by atoms with van der Waals surface area (Å²) in [4.78, 5) is 14.2. The second-order valence-electron chi connectivity index (χ2n) is 4.54. The Morgan fingerprint density at radius 3 is 2.72 bits per heavy atom. The zero-order valence-corrected chi connectivity index (χ0v) is 10.8. The Balaban J connectivity index is 2.30. The van der Waals surface area contributed by atoms with Gasteiger partial charge in [-0.3, -0.25) is 0 Å². The van der Waals surface area contributed by atoms with Gasteiger partial charge in [-0.2, -0.15) is 0 Å². The molecule has 0 spiro atoms. The summed E-state index contributed by atoms with van der Waals surface area (Å²) in [5, 5.41) is 0. The molecule has 0 saturated carbocycles. The third kappa shape index (κ3) is 2.75. The first-order valence-electron chi connectivity index (χ1n) is 6.54. The van der Waals surface area contributed by atoms with Crippen molar-refractivity contribution < 1.29 is 9.53 Å². The first-order valence-corrected chi connectivity index (χ1v) is 6.54. The van der Waals surface area contributed by atoms with E-state index in [0.29, 0.717) is 17.9 Å². The predicted octanol–water partition coefficient (Wildman–Crippen LogP) is 2.44. The van der Waals surface area contributed by atoms with Crippen molar-refractivity contribution in [2.45, 2.75) is 26.2 Å². The highest BCUT2D eigenvalue weighted by molar-refractivity contribution is 5.97. The van der Waals surface area contributed by atoms with Gasteiger partial charge in [-0.25, -0.2) is 4.79 Å². The molecule has 1 heterocycles. The highest BCUT2D eigenvalue weighted by Gasteiger charge is 2.19. The van der Waals surface area contributed by atoms with E-state index in [1.54, 1.807) is 6.07 Å². The summed E-state index contributed by atoms with van der Waals surface area (Å²) in [6.07, 6.45) is 3.61. The van der Waals surface area contributed by atoms with Crippen molar-refractivity contribution in [2.24, 2.45) is 0 Å². The number of piperidine rings is 1. The van der Waals surface area contributed by atoms with E-state index in [4.69, 9.17) is 10.5 Å². The van der Waals surface area contributed by atoms with Gasteiger partial charge in [0, 0.05) is 18.8 Å². The minimum Gasteiger partial charge on any atom is -0.462 e. The van der Waals surface area contributed by atoms with Crippen molar-refractivity contribution in [3.63, 3.8) is 0 Å². The fourth-order valence-corrected chi connectivity index (χ4v) is 2.34. The van der Waals surface area contributed by atoms with E-state index >= 15 is 0 Å². The Morgan fingerprint density at radius 1 is 1.33 bits per heavy atom. The number of benzene rings is 1. The summed E-state index contributed by atoms with van der Waals surface area (Å²) in [5.74, 6) is -0.287. The van der Waals surface area contributed by atoms with E-state index in [1.807, 2.05) is 19.1 Å². The summed E-state index contributed by atoms with van der Waals surface area (Å²) in [7, 11) is 0. The molecule has 0 aliphatic carbocycles. The number of rotatable bonds is 3. The Labute approximate surface area is 108 Å². The lowest BCUT2D eigenvalue weighted by Crippen LogP contribution is -2.31. The first-order chi connectivity index (χ1) is 8.72. The van der Waals surface area contributed by atoms with Crippen LogP contribution in [0.3, 0.4) is 0 Å². The molecule has 1 aliphatic rings. The molecule has 0 aromatic heterocycles. The maximum atomic E-state index is 12.0. The molecule has 2 rings (SSSR count). The average molecular weight is 248 g/mol. The number of carbonyl (C=O) groups excluding carboxylic acids is 1. The Hall–Kier alpha value is -1.71. The molecule has 4 heteroatoms. The number of esters is 1. The summed E-state index contributed by atoms with van der Waals surface area (Å²) in [6, 6.07) is 5.47. The molecule has 1 fully saturated rings. The molecule has 1 aliphatic heterocycles. The van der Waals surface area contributed by atoms with Crippen LogP contribution in [0.5, 0.6) is 0 Å². The number of nitrogens with two attached hydrogens (primary N) is 1. The highest BCUT2D eigenvalue weighted by atomic mass is 16.5. The van der Waals surface area contributed by atoms with Gasteiger partial charge in [0.15, 0.2) is 0 Å². The fourth-order valence-electron chi connectivity index (χ4n) is 2.34. The maximum absolute atomic E-state index is 12.0. The molecule has 2 N–H and O–H groups in total. The Morgan fingerprint density at radius 2 is 2.06 bits per heavy atom. The van der Waals surface area contributed by atoms with Crippen LogP contribution in [0.25, 0.3) is 0 Å². The number of anilines is 2. The number of hydrogen-bond donors (Lipinski definition) is 1. The molecular weight excluding hydrogens is 228 g/mol. The smallest absolute Gasteiger partial charge is 0.340 e. The van der Waals surface area contributed by atoms with Crippen LogP contribution in [0.1, 0.15) is 36.5 Å². The van der Waals surface area contributed by atoms with Gasteiger partial charge in [0.2, 0.25) is 0 Å². The standard InChI is InChI=1S/C14H20N2O2/c1-2-18-14(17)12-10-11(15)6-7-13(12)16-8-4-3-5-9-16/h6-7,10H,2-5,8-9,15H2,1H3. The lowest BCUT2D eigenvalue weighted by atomic mass is 10.1. The molecule has 1 aromatic carbocycles. The lowest BCUT2D eigenvalue weighted by molar-refractivity contribution is 0.0527. The third-order valence-electron chi connectivity index (χ3n) is 3.21. The zero-order chi connectivity index (χ0) is 13.0. The molecule has 0 unspecified atom stereocenters. The van der Waals surface area contributed by atoms with Gasteiger partial charge >= 0.3 is 5.97 Å². The topological polar surface area (TPSA) is 55.6 Å². The molecule has 0 bridgehead atoms. The van der Waals surface area contributed by atoms with Crippen LogP contribution < -0.4 is 10.6 Å². The van der Waals surface area contributed by atoms with Crippen LogP contribution in [0, 0.1) is 0 Å². The quantitative estimate of drug-likeness (QED) is 0.659. The predicted molar refractivity (Wildman–Crippen MR) is 72.9 cm³/mol. The monoisotopic (exact) mass is 248 g/mol. The molecule has 0 atom stereocenters. The van der Waals surface area contributed by atoms with E-state index in [9.17, 15) is 4.79 Å². The number of nitrogens with zero attached hydrogens (tertiary/aromatic N) is 1. The normalized spacial score (nSPS) is 15.5. The van der Waals surface area contributed by atoms with E-state index in [1.165, 1.54) is 19.3 Å². The summed E-state index contributed by atoms with van der Waals surface area (Å²) in [5.41, 5.74) is 7.89. The van der Waals surface area contributed by atoms with Crippen molar-refractivity contribution in [1.29, 1.82) is 0 Å². The van der Waals surface area contributed by atoms with Gasteiger partial charge in [-0.1, -0.05) is 0 Å². The highest BCUT2D eigenvalue weighted by Crippen LogP contribution is 2.26. The van der Waals surface area contributed by atoms with Crippen LogP contribution >= 0.6 is 0 Å². The average Bonchev–Trinajstić information content (AvgIpc) is 2.40.